The van der Waals surface area contributed by atoms with Crippen molar-refractivity contribution < 1.29 is 17.9 Å². The molecule has 0 saturated carbocycles. The second-order valence-corrected chi connectivity index (χ2v) is 7.56. The van der Waals surface area contributed by atoms with Crippen molar-refractivity contribution >= 4 is 27.5 Å². The van der Waals surface area contributed by atoms with Gasteiger partial charge in [-0.3, -0.25) is 4.79 Å². The summed E-state index contributed by atoms with van der Waals surface area (Å²) in [5.74, 6) is -0.288. The van der Waals surface area contributed by atoms with E-state index in [1.165, 1.54) is 32.3 Å². The minimum atomic E-state index is -3.60. The molecule has 116 valence electrons. The first kappa shape index (κ1) is 16.2. The van der Waals surface area contributed by atoms with Gasteiger partial charge in [0.2, 0.25) is 10.0 Å². The van der Waals surface area contributed by atoms with E-state index in [9.17, 15) is 13.2 Å². The second kappa shape index (κ2) is 5.92. The molecule has 0 radical (unpaired) electrons. The minimum Gasteiger partial charge on any atom is -0.378 e. The molecule has 1 aliphatic heterocycles. The molecule has 1 amide bonds. The molecule has 0 atom stereocenters. The highest BCUT2D eigenvalue weighted by Crippen LogP contribution is 2.25. The van der Waals surface area contributed by atoms with Gasteiger partial charge in [0.25, 0.3) is 5.91 Å². The van der Waals surface area contributed by atoms with Gasteiger partial charge in [0.15, 0.2) is 0 Å². The molecule has 0 spiro atoms. The van der Waals surface area contributed by atoms with Crippen molar-refractivity contribution in [3.05, 3.63) is 28.8 Å². The maximum atomic E-state index is 12.3. The van der Waals surface area contributed by atoms with Crippen molar-refractivity contribution in [3.8, 4) is 0 Å². The normalized spacial score (nSPS) is 16.1. The predicted molar refractivity (Wildman–Crippen MR) is 79.0 cm³/mol. The molecule has 6 nitrogen and oxygen atoms in total. The van der Waals surface area contributed by atoms with Crippen LogP contribution in [0.4, 0.5) is 0 Å². The van der Waals surface area contributed by atoms with Crippen molar-refractivity contribution in [1.29, 1.82) is 0 Å². The van der Waals surface area contributed by atoms with Gasteiger partial charge in [0.1, 0.15) is 0 Å². The number of benzene rings is 1. The summed E-state index contributed by atoms with van der Waals surface area (Å²) in [5.41, 5.74) is 0.189. The molecule has 2 rings (SSSR count). The quantitative estimate of drug-likeness (QED) is 0.827. The zero-order valence-corrected chi connectivity index (χ0v) is 13.6. The van der Waals surface area contributed by atoms with Crippen molar-refractivity contribution in [2.45, 2.75) is 11.0 Å². The van der Waals surface area contributed by atoms with E-state index in [4.69, 9.17) is 16.3 Å². The van der Waals surface area contributed by atoms with Crippen LogP contribution in [0.25, 0.3) is 0 Å². The number of likely N-dealkylation sites (tertiary alicyclic amines) is 1. The lowest BCUT2D eigenvalue weighted by molar-refractivity contribution is -0.0192. The Kier molecular flexibility index (Phi) is 4.57. The number of ether oxygens (including phenoxy) is 1. The van der Waals surface area contributed by atoms with Crippen LogP contribution < -0.4 is 0 Å². The Labute approximate surface area is 129 Å². The lowest BCUT2D eigenvalue weighted by Crippen LogP contribution is -2.54. The van der Waals surface area contributed by atoms with Crippen molar-refractivity contribution in [2.24, 2.45) is 0 Å². The van der Waals surface area contributed by atoms with Gasteiger partial charge in [0.05, 0.1) is 21.6 Å². The highest BCUT2D eigenvalue weighted by molar-refractivity contribution is 7.89. The van der Waals surface area contributed by atoms with Crippen LogP contribution >= 0.6 is 11.6 Å². The molecule has 0 unspecified atom stereocenters. The van der Waals surface area contributed by atoms with Crippen LogP contribution in [0.5, 0.6) is 0 Å². The van der Waals surface area contributed by atoms with Crippen molar-refractivity contribution in [1.82, 2.24) is 9.21 Å². The molecular weight excluding hydrogens is 316 g/mol. The summed E-state index contributed by atoms with van der Waals surface area (Å²) in [6.45, 7) is 0.965. The van der Waals surface area contributed by atoms with Crippen LogP contribution in [-0.2, 0) is 14.8 Å². The number of carbonyl (C=O) groups excluding carboxylic acids is 1. The fraction of sp³-hybridized carbons (Fsp3) is 0.462. The summed E-state index contributed by atoms with van der Waals surface area (Å²) in [7, 11) is 0.856. The zero-order valence-electron chi connectivity index (χ0n) is 12.0. The number of amides is 1. The first-order valence-corrected chi connectivity index (χ1v) is 8.13. The van der Waals surface area contributed by atoms with Crippen LogP contribution in [-0.4, -0.2) is 63.9 Å². The molecule has 8 heteroatoms. The summed E-state index contributed by atoms with van der Waals surface area (Å²) in [4.78, 5) is 14.0. The highest BCUT2D eigenvalue weighted by Gasteiger charge is 2.32. The van der Waals surface area contributed by atoms with Gasteiger partial charge in [0, 0.05) is 34.3 Å². The number of hydrogen-bond donors (Lipinski definition) is 0. The Morgan fingerprint density at radius 3 is 2.52 bits per heavy atom. The molecule has 1 aromatic carbocycles. The molecule has 1 saturated heterocycles. The average Bonchev–Trinajstić information content (AvgIpc) is 2.37. The fourth-order valence-electron chi connectivity index (χ4n) is 1.96. The van der Waals surface area contributed by atoms with E-state index in [0.29, 0.717) is 13.1 Å². The van der Waals surface area contributed by atoms with E-state index in [2.05, 4.69) is 0 Å². The van der Waals surface area contributed by atoms with Gasteiger partial charge < -0.3 is 9.64 Å². The zero-order chi connectivity index (χ0) is 15.8. The van der Waals surface area contributed by atoms with Crippen molar-refractivity contribution in [3.63, 3.8) is 0 Å². The summed E-state index contributed by atoms with van der Waals surface area (Å²) in [6.07, 6.45) is 0.0291. The Bertz CT molecular complexity index is 654. The van der Waals surface area contributed by atoms with Gasteiger partial charge in [-0.2, -0.15) is 0 Å². The Balaban J connectivity index is 2.31. The fourth-order valence-corrected chi connectivity index (χ4v) is 3.09. The van der Waals surface area contributed by atoms with E-state index in [-0.39, 0.29) is 27.5 Å². The minimum absolute atomic E-state index is 0.0291. The number of methoxy groups -OCH3 is 1. The first-order chi connectivity index (χ1) is 9.77. The lowest BCUT2D eigenvalue weighted by atomic mass is 10.1. The van der Waals surface area contributed by atoms with Gasteiger partial charge in [-0.1, -0.05) is 11.6 Å². The average molecular weight is 333 g/mol. The molecule has 0 aliphatic carbocycles. The summed E-state index contributed by atoms with van der Waals surface area (Å²) < 4.78 is 30.4. The van der Waals surface area contributed by atoms with E-state index in [1.807, 2.05) is 0 Å². The number of carbonyl (C=O) groups is 1. The molecule has 0 bridgehead atoms. The summed E-state index contributed by atoms with van der Waals surface area (Å²) in [5, 5.41) is 0.235. The molecule has 1 aromatic rings. The monoisotopic (exact) mass is 332 g/mol. The topological polar surface area (TPSA) is 66.9 Å². The highest BCUT2D eigenvalue weighted by atomic mass is 35.5. The Morgan fingerprint density at radius 1 is 1.38 bits per heavy atom. The SMILES string of the molecule is COC1CN(C(=O)c2cc(S(=O)(=O)N(C)C)ccc2Cl)C1. The molecular formula is C13H17ClN2O4S. The molecule has 1 aliphatic rings. The summed E-state index contributed by atoms with van der Waals surface area (Å²) >= 11 is 6.03. The van der Waals surface area contributed by atoms with Crippen LogP contribution in [0.1, 0.15) is 10.4 Å². The van der Waals surface area contributed by atoms with Crippen LogP contribution in [0.2, 0.25) is 5.02 Å². The maximum Gasteiger partial charge on any atom is 0.255 e. The maximum absolute atomic E-state index is 12.3. The van der Waals surface area contributed by atoms with Gasteiger partial charge in [-0.15, -0.1) is 0 Å². The van der Waals surface area contributed by atoms with Crippen LogP contribution in [0.3, 0.4) is 0 Å². The number of rotatable bonds is 4. The largest absolute Gasteiger partial charge is 0.378 e. The van der Waals surface area contributed by atoms with Gasteiger partial charge >= 0.3 is 0 Å². The van der Waals surface area contributed by atoms with Crippen LogP contribution in [0, 0.1) is 0 Å². The number of halogens is 1. The van der Waals surface area contributed by atoms with E-state index in [1.54, 1.807) is 12.0 Å². The van der Waals surface area contributed by atoms with Gasteiger partial charge in [-0.25, -0.2) is 12.7 Å². The Hall–Kier alpha value is -1.15. The third-order valence-electron chi connectivity index (χ3n) is 3.42. The molecule has 0 N–H and O–H groups in total. The summed E-state index contributed by atoms with van der Waals surface area (Å²) in [6, 6.07) is 4.14. The molecule has 21 heavy (non-hydrogen) atoms. The van der Waals surface area contributed by atoms with E-state index < -0.39 is 10.0 Å². The third kappa shape index (κ3) is 3.06. The van der Waals surface area contributed by atoms with Gasteiger partial charge in [-0.05, 0) is 18.2 Å². The number of hydrogen-bond acceptors (Lipinski definition) is 4. The second-order valence-electron chi connectivity index (χ2n) is 5.00. The van der Waals surface area contributed by atoms with Crippen molar-refractivity contribution in [2.75, 3.05) is 34.3 Å². The standard InChI is InChI=1S/C13H17ClN2O4S/c1-15(2)21(18,19)10-4-5-12(14)11(6-10)13(17)16-7-9(8-16)20-3/h4-6,9H,7-8H2,1-3H3. The molecule has 1 heterocycles. The predicted octanol–water partition coefficient (Wildman–Crippen LogP) is 1.06. The number of sulfonamides is 1. The molecule has 1 fully saturated rings. The smallest absolute Gasteiger partial charge is 0.255 e. The van der Waals surface area contributed by atoms with Crippen LogP contribution in [0.15, 0.2) is 23.1 Å². The lowest BCUT2D eigenvalue weighted by Gasteiger charge is -2.38. The Morgan fingerprint density at radius 2 is 2.00 bits per heavy atom. The van der Waals surface area contributed by atoms with E-state index >= 15 is 0 Å². The first-order valence-electron chi connectivity index (χ1n) is 6.31. The van der Waals surface area contributed by atoms with E-state index in [0.717, 1.165) is 4.31 Å². The third-order valence-corrected chi connectivity index (χ3v) is 5.56. The number of nitrogens with zero attached hydrogens (tertiary/aromatic N) is 2. The molecule has 0 aromatic heterocycles.